The van der Waals surface area contributed by atoms with Crippen molar-refractivity contribution in [3.8, 4) is 0 Å². The van der Waals surface area contributed by atoms with Crippen molar-refractivity contribution in [3.63, 3.8) is 0 Å². The van der Waals surface area contributed by atoms with Gasteiger partial charge in [-0.05, 0) is 24.1 Å². The molecule has 0 amide bonds. The maximum atomic E-state index is 3.38. The zero-order valence-electron chi connectivity index (χ0n) is 9.58. The van der Waals surface area contributed by atoms with E-state index in [1.165, 1.54) is 17.5 Å². The minimum Gasteiger partial charge on any atom is -0.313 e. The van der Waals surface area contributed by atoms with Gasteiger partial charge in [-0.1, -0.05) is 35.9 Å². The fourth-order valence-corrected chi connectivity index (χ4v) is 2.55. The normalized spacial score (nSPS) is 22.9. The van der Waals surface area contributed by atoms with Gasteiger partial charge >= 0.3 is 0 Å². The van der Waals surface area contributed by atoms with Crippen LogP contribution in [0.1, 0.15) is 17.5 Å². The van der Waals surface area contributed by atoms with Gasteiger partial charge in [-0.25, -0.2) is 0 Å². The third kappa shape index (κ3) is 2.04. The van der Waals surface area contributed by atoms with E-state index in [0.29, 0.717) is 0 Å². The molecule has 1 aromatic rings. The molecule has 2 heterocycles. The summed E-state index contributed by atoms with van der Waals surface area (Å²) >= 11 is 0. The van der Waals surface area contributed by atoms with Gasteiger partial charge in [0.25, 0.3) is 0 Å². The highest BCUT2D eigenvalue weighted by Gasteiger charge is 2.17. The van der Waals surface area contributed by atoms with Crippen molar-refractivity contribution in [3.05, 3.63) is 47.0 Å². The second kappa shape index (κ2) is 4.40. The lowest BCUT2D eigenvalue weighted by Crippen LogP contribution is -2.16. The molecule has 2 nitrogen and oxygen atoms in total. The van der Waals surface area contributed by atoms with Crippen LogP contribution in [0, 0.1) is 0 Å². The van der Waals surface area contributed by atoms with E-state index in [1.54, 1.807) is 5.57 Å². The van der Waals surface area contributed by atoms with Gasteiger partial charge in [-0.2, -0.15) is 0 Å². The monoisotopic (exact) mass is 214 g/mol. The predicted molar refractivity (Wildman–Crippen MR) is 66.1 cm³/mol. The van der Waals surface area contributed by atoms with Gasteiger partial charge < -0.3 is 5.32 Å². The van der Waals surface area contributed by atoms with Crippen molar-refractivity contribution >= 4 is 0 Å². The number of fused-ring (bicyclic) bond motifs is 1. The Balaban J connectivity index is 1.61. The van der Waals surface area contributed by atoms with Crippen molar-refractivity contribution < 1.29 is 0 Å². The van der Waals surface area contributed by atoms with Crippen molar-refractivity contribution in [1.29, 1.82) is 0 Å². The smallest absolute Gasteiger partial charge is 0.0243 e. The lowest BCUT2D eigenvalue weighted by molar-refractivity contribution is 0.316. The number of benzene rings is 1. The summed E-state index contributed by atoms with van der Waals surface area (Å²) in [5, 5.41) is 3.38. The molecule has 1 N–H and O–H groups in total. The van der Waals surface area contributed by atoms with Gasteiger partial charge in [-0.3, -0.25) is 4.90 Å². The Morgan fingerprint density at radius 2 is 1.94 bits per heavy atom. The van der Waals surface area contributed by atoms with E-state index in [1.807, 2.05) is 0 Å². The second-order valence-electron chi connectivity index (χ2n) is 4.73. The largest absolute Gasteiger partial charge is 0.313 e. The zero-order valence-corrected chi connectivity index (χ0v) is 9.58. The van der Waals surface area contributed by atoms with E-state index < -0.39 is 0 Å². The first kappa shape index (κ1) is 10.1. The van der Waals surface area contributed by atoms with Crippen molar-refractivity contribution in [2.45, 2.75) is 19.5 Å². The fourth-order valence-electron chi connectivity index (χ4n) is 2.55. The SMILES string of the molecule is C(/CN1Cc2ccccc2C1)=C1/CCNC1. The van der Waals surface area contributed by atoms with Crippen molar-refractivity contribution in [2.24, 2.45) is 0 Å². The van der Waals surface area contributed by atoms with Crippen LogP contribution in [0.5, 0.6) is 0 Å². The maximum Gasteiger partial charge on any atom is 0.0243 e. The Morgan fingerprint density at radius 3 is 2.56 bits per heavy atom. The van der Waals surface area contributed by atoms with E-state index in [9.17, 15) is 0 Å². The standard InChI is InChI=1S/C14H18N2/c1-2-4-14-11-16(10-13(14)3-1)8-6-12-5-7-15-9-12/h1-4,6,15H,5,7-11H2/b12-6+. The third-order valence-corrected chi connectivity index (χ3v) is 3.52. The Morgan fingerprint density at radius 1 is 1.19 bits per heavy atom. The molecule has 0 spiro atoms. The summed E-state index contributed by atoms with van der Waals surface area (Å²) in [5.74, 6) is 0. The molecule has 0 saturated carbocycles. The molecule has 0 aromatic heterocycles. The van der Waals surface area contributed by atoms with E-state index in [-0.39, 0.29) is 0 Å². The molecular weight excluding hydrogens is 196 g/mol. The molecule has 2 aliphatic rings. The molecule has 1 saturated heterocycles. The molecule has 0 bridgehead atoms. The zero-order chi connectivity index (χ0) is 10.8. The van der Waals surface area contributed by atoms with Gasteiger partial charge in [0.1, 0.15) is 0 Å². The second-order valence-corrected chi connectivity index (χ2v) is 4.73. The number of rotatable bonds is 2. The Bertz CT molecular complexity index is 376. The quantitative estimate of drug-likeness (QED) is 0.757. The molecule has 2 heteroatoms. The Kier molecular flexibility index (Phi) is 2.77. The van der Waals surface area contributed by atoms with Crippen LogP contribution >= 0.6 is 0 Å². The minimum atomic E-state index is 1.10. The van der Waals surface area contributed by atoms with Gasteiger partial charge in [0.05, 0.1) is 0 Å². The maximum absolute atomic E-state index is 3.38. The van der Waals surface area contributed by atoms with Gasteiger partial charge in [0, 0.05) is 26.2 Å². The number of hydrogen-bond acceptors (Lipinski definition) is 2. The van der Waals surface area contributed by atoms with Crippen LogP contribution in [0.4, 0.5) is 0 Å². The first-order valence-electron chi connectivity index (χ1n) is 6.09. The average Bonchev–Trinajstić information content (AvgIpc) is 2.95. The molecule has 1 fully saturated rings. The summed E-state index contributed by atoms with van der Waals surface area (Å²) in [7, 11) is 0. The lowest BCUT2D eigenvalue weighted by atomic mass is 10.1. The molecule has 0 atom stereocenters. The van der Waals surface area contributed by atoms with Crippen LogP contribution in [-0.2, 0) is 13.1 Å². The Hall–Kier alpha value is -1.12. The molecule has 0 radical (unpaired) electrons. The molecular formula is C14H18N2. The summed E-state index contributed by atoms with van der Waals surface area (Å²) in [6.07, 6.45) is 3.65. The van der Waals surface area contributed by atoms with E-state index >= 15 is 0 Å². The van der Waals surface area contributed by atoms with Crippen molar-refractivity contribution in [1.82, 2.24) is 10.2 Å². The van der Waals surface area contributed by atoms with Crippen LogP contribution in [-0.4, -0.2) is 24.5 Å². The van der Waals surface area contributed by atoms with Gasteiger partial charge in [0.2, 0.25) is 0 Å². The van der Waals surface area contributed by atoms with E-state index in [0.717, 1.165) is 32.7 Å². The number of nitrogens with zero attached hydrogens (tertiary/aromatic N) is 1. The van der Waals surface area contributed by atoms with Crippen LogP contribution in [0.25, 0.3) is 0 Å². The molecule has 0 aliphatic carbocycles. The predicted octanol–water partition coefficient (Wildman–Crippen LogP) is 1.92. The summed E-state index contributed by atoms with van der Waals surface area (Å²) in [6, 6.07) is 8.78. The molecule has 2 aliphatic heterocycles. The van der Waals surface area contributed by atoms with E-state index in [4.69, 9.17) is 0 Å². The molecule has 0 unspecified atom stereocenters. The van der Waals surface area contributed by atoms with Gasteiger partial charge in [0.15, 0.2) is 0 Å². The third-order valence-electron chi connectivity index (χ3n) is 3.52. The highest BCUT2D eigenvalue weighted by atomic mass is 15.1. The van der Waals surface area contributed by atoms with Crippen LogP contribution in [0.15, 0.2) is 35.9 Å². The first-order chi connectivity index (χ1) is 7.92. The molecule has 1 aromatic carbocycles. The van der Waals surface area contributed by atoms with Crippen LogP contribution < -0.4 is 5.32 Å². The van der Waals surface area contributed by atoms with Gasteiger partial charge in [-0.15, -0.1) is 0 Å². The highest BCUT2D eigenvalue weighted by Crippen LogP contribution is 2.22. The lowest BCUT2D eigenvalue weighted by Gasteiger charge is -2.12. The minimum absolute atomic E-state index is 1.10. The first-order valence-corrected chi connectivity index (χ1v) is 6.09. The van der Waals surface area contributed by atoms with Crippen LogP contribution in [0.2, 0.25) is 0 Å². The Labute approximate surface area is 97.0 Å². The average molecular weight is 214 g/mol. The van der Waals surface area contributed by atoms with Crippen molar-refractivity contribution in [2.75, 3.05) is 19.6 Å². The number of nitrogens with one attached hydrogen (secondary N) is 1. The summed E-state index contributed by atoms with van der Waals surface area (Å²) in [4.78, 5) is 2.51. The van der Waals surface area contributed by atoms with E-state index in [2.05, 4.69) is 40.6 Å². The molecule has 84 valence electrons. The fraction of sp³-hybridized carbons (Fsp3) is 0.429. The molecule has 16 heavy (non-hydrogen) atoms. The topological polar surface area (TPSA) is 15.3 Å². The highest BCUT2D eigenvalue weighted by molar-refractivity contribution is 5.30. The summed E-state index contributed by atoms with van der Waals surface area (Å²) in [6.45, 7) is 5.60. The number of hydrogen-bond donors (Lipinski definition) is 1. The molecule has 3 rings (SSSR count). The summed E-state index contributed by atoms with van der Waals surface area (Å²) in [5.41, 5.74) is 4.59. The van der Waals surface area contributed by atoms with Crippen LogP contribution in [0.3, 0.4) is 0 Å². The summed E-state index contributed by atoms with van der Waals surface area (Å²) < 4.78 is 0.